The maximum Gasteiger partial charge on any atom is 0.310 e. The minimum absolute atomic E-state index is 0.134. The highest BCUT2D eigenvalue weighted by molar-refractivity contribution is 5.72. The van der Waals surface area contributed by atoms with Crippen molar-refractivity contribution < 1.29 is 14.3 Å². The Labute approximate surface area is 91.1 Å². The number of hydrogen-bond donors (Lipinski definition) is 1. The van der Waals surface area contributed by atoms with Crippen molar-refractivity contribution in [1.29, 1.82) is 0 Å². The number of esters is 1. The summed E-state index contributed by atoms with van der Waals surface area (Å²) in [4.78, 5) is 11.5. The molecule has 15 heavy (non-hydrogen) atoms. The summed E-state index contributed by atoms with van der Waals surface area (Å²) >= 11 is 0. The molecule has 0 spiro atoms. The fraction of sp³-hybridized carbons (Fsp3) is 0.909. The average molecular weight is 215 g/mol. The fourth-order valence-electron chi connectivity index (χ4n) is 1.66. The zero-order valence-corrected chi connectivity index (χ0v) is 9.41. The Balaban J connectivity index is 2.20. The molecule has 88 valence electrons. The van der Waals surface area contributed by atoms with Crippen LogP contribution in [0.15, 0.2) is 0 Å². The summed E-state index contributed by atoms with van der Waals surface area (Å²) in [6.07, 6.45) is 2.74. The van der Waals surface area contributed by atoms with Gasteiger partial charge < -0.3 is 15.2 Å². The molecule has 0 aliphatic carbocycles. The minimum atomic E-state index is -0.147. The molecule has 0 aromatic heterocycles. The molecule has 1 unspecified atom stereocenters. The van der Waals surface area contributed by atoms with E-state index in [9.17, 15) is 4.79 Å². The van der Waals surface area contributed by atoms with Crippen molar-refractivity contribution in [3.05, 3.63) is 0 Å². The van der Waals surface area contributed by atoms with Crippen LogP contribution in [-0.4, -0.2) is 32.3 Å². The second-order valence-corrected chi connectivity index (χ2v) is 4.03. The van der Waals surface area contributed by atoms with Gasteiger partial charge in [0.25, 0.3) is 0 Å². The van der Waals surface area contributed by atoms with Crippen LogP contribution in [0.2, 0.25) is 0 Å². The largest absolute Gasteiger partial charge is 0.465 e. The van der Waals surface area contributed by atoms with Gasteiger partial charge in [0.15, 0.2) is 0 Å². The zero-order valence-electron chi connectivity index (χ0n) is 9.41. The standard InChI is InChI=1S/C11H21NO3/c1-2-10(7-12)11(13)15-8-9-3-5-14-6-4-9/h9-10H,2-8,12H2,1H3. The van der Waals surface area contributed by atoms with Crippen molar-refractivity contribution in [1.82, 2.24) is 0 Å². The molecular weight excluding hydrogens is 194 g/mol. The van der Waals surface area contributed by atoms with E-state index < -0.39 is 0 Å². The van der Waals surface area contributed by atoms with E-state index >= 15 is 0 Å². The molecule has 4 heteroatoms. The van der Waals surface area contributed by atoms with Crippen molar-refractivity contribution >= 4 is 5.97 Å². The van der Waals surface area contributed by atoms with Crippen molar-refractivity contribution in [2.24, 2.45) is 17.6 Å². The highest BCUT2D eigenvalue weighted by Crippen LogP contribution is 2.15. The van der Waals surface area contributed by atoms with E-state index in [1.165, 1.54) is 0 Å². The highest BCUT2D eigenvalue weighted by atomic mass is 16.5. The van der Waals surface area contributed by atoms with Gasteiger partial charge in [0, 0.05) is 19.8 Å². The summed E-state index contributed by atoms with van der Waals surface area (Å²) in [6.45, 7) is 4.43. The first-order chi connectivity index (χ1) is 7.27. The van der Waals surface area contributed by atoms with Crippen molar-refractivity contribution in [3.8, 4) is 0 Å². The predicted molar refractivity (Wildman–Crippen MR) is 57.3 cm³/mol. The minimum Gasteiger partial charge on any atom is -0.465 e. The van der Waals surface area contributed by atoms with Crippen LogP contribution in [0.5, 0.6) is 0 Å². The lowest BCUT2D eigenvalue weighted by Crippen LogP contribution is -2.28. The highest BCUT2D eigenvalue weighted by Gasteiger charge is 2.19. The van der Waals surface area contributed by atoms with E-state index in [4.69, 9.17) is 15.2 Å². The molecule has 4 nitrogen and oxygen atoms in total. The Morgan fingerprint density at radius 3 is 2.73 bits per heavy atom. The van der Waals surface area contributed by atoms with E-state index in [1.807, 2.05) is 6.92 Å². The number of ether oxygens (including phenoxy) is 2. The van der Waals surface area contributed by atoms with Crippen LogP contribution < -0.4 is 5.73 Å². The lowest BCUT2D eigenvalue weighted by molar-refractivity contribution is -0.150. The number of nitrogens with two attached hydrogens (primary N) is 1. The average Bonchev–Trinajstić information content (AvgIpc) is 2.29. The molecule has 1 atom stereocenters. The summed E-state index contributed by atoms with van der Waals surface area (Å²) in [6, 6.07) is 0. The van der Waals surface area contributed by atoms with Crippen LogP contribution in [0.1, 0.15) is 26.2 Å². The van der Waals surface area contributed by atoms with Crippen molar-refractivity contribution in [3.63, 3.8) is 0 Å². The summed E-state index contributed by atoms with van der Waals surface area (Å²) < 4.78 is 10.5. The predicted octanol–water partition coefficient (Wildman–Crippen LogP) is 0.941. The van der Waals surface area contributed by atoms with Gasteiger partial charge in [-0.25, -0.2) is 0 Å². The van der Waals surface area contributed by atoms with Gasteiger partial charge in [0.05, 0.1) is 12.5 Å². The van der Waals surface area contributed by atoms with Gasteiger partial charge in [-0.05, 0) is 25.2 Å². The van der Waals surface area contributed by atoms with Gasteiger partial charge in [-0.2, -0.15) is 0 Å². The van der Waals surface area contributed by atoms with Crippen LogP contribution in [0.4, 0.5) is 0 Å². The van der Waals surface area contributed by atoms with E-state index in [0.717, 1.165) is 32.5 Å². The van der Waals surface area contributed by atoms with Gasteiger partial charge in [0.1, 0.15) is 0 Å². The lowest BCUT2D eigenvalue weighted by Gasteiger charge is -2.22. The Hall–Kier alpha value is -0.610. The first kappa shape index (κ1) is 12.5. The quantitative estimate of drug-likeness (QED) is 0.693. The van der Waals surface area contributed by atoms with E-state index in [-0.39, 0.29) is 11.9 Å². The van der Waals surface area contributed by atoms with Gasteiger partial charge in [-0.1, -0.05) is 6.92 Å². The molecule has 1 saturated heterocycles. The maximum atomic E-state index is 11.5. The van der Waals surface area contributed by atoms with Crippen LogP contribution in [0.3, 0.4) is 0 Å². The summed E-state index contributed by atoms with van der Waals surface area (Å²) in [5.74, 6) is 0.189. The van der Waals surface area contributed by atoms with Crippen LogP contribution in [0.25, 0.3) is 0 Å². The number of carbonyl (C=O) groups excluding carboxylic acids is 1. The SMILES string of the molecule is CCC(CN)C(=O)OCC1CCOCC1. The Kier molecular flexibility index (Phi) is 5.65. The molecule has 1 aliphatic rings. The first-order valence-electron chi connectivity index (χ1n) is 5.72. The maximum absolute atomic E-state index is 11.5. The molecule has 1 heterocycles. The molecule has 0 saturated carbocycles. The zero-order chi connectivity index (χ0) is 11.1. The third kappa shape index (κ3) is 4.18. The summed E-state index contributed by atoms with van der Waals surface area (Å²) in [5.41, 5.74) is 5.47. The number of carbonyl (C=O) groups is 1. The van der Waals surface area contributed by atoms with Gasteiger partial charge in [0.2, 0.25) is 0 Å². The molecule has 0 radical (unpaired) electrons. The number of hydrogen-bond acceptors (Lipinski definition) is 4. The first-order valence-corrected chi connectivity index (χ1v) is 5.72. The monoisotopic (exact) mass is 215 g/mol. The smallest absolute Gasteiger partial charge is 0.310 e. The molecule has 1 aliphatic heterocycles. The normalized spacial score (nSPS) is 19.9. The third-order valence-electron chi connectivity index (χ3n) is 2.91. The topological polar surface area (TPSA) is 61.6 Å². The molecule has 2 N–H and O–H groups in total. The Morgan fingerprint density at radius 1 is 1.53 bits per heavy atom. The van der Waals surface area contributed by atoms with Crippen LogP contribution in [-0.2, 0) is 14.3 Å². The molecule has 0 amide bonds. The Morgan fingerprint density at radius 2 is 2.20 bits per heavy atom. The molecule has 0 bridgehead atoms. The summed E-state index contributed by atoms with van der Waals surface area (Å²) in [7, 11) is 0. The lowest BCUT2D eigenvalue weighted by atomic mass is 10.0. The summed E-state index contributed by atoms with van der Waals surface area (Å²) in [5, 5.41) is 0. The molecule has 0 aromatic carbocycles. The van der Waals surface area contributed by atoms with Crippen LogP contribution >= 0.6 is 0 Å². The second kappa shape index (κ2) is 6.80. The third-order valence-corrected chi connectivity index (χ3v) is 2.91. The molecule has 1 fully saturated rings. The van der Waals surface area contributed by atoms with Crippen molar-refractivity contribution in [2.75, 3.05) is 26.4 Å². The van der Waals surface area contributed by atoms with Gasteiger partial charge in [-0.15, -0.1) is 0 Å². The van der Waals surface area contributed by atoms with Crippen LogP contribution in [0, 0.1) is 11.8 Å². The van der Waals surface area contributed by atoms with Crippen molar-refractivity contribution in [2.45, 2.75) is 26.2 Å². The van der Waals surface area contributed by atoms with Gasteiger partial charge in [-0.3, -0.25) is 4.79 Å². The van der Waals surface area contributed by atoms with E-state index in [2.05, 4.69) is 0 Å². The molecule has 1 rings (SSSR count). The second-order valence-electron chi connectivity index (χ2n) is 4.03. The molecule has 0 aromatic rings. The van der Waals surface area contributed by atoms with E-state index in [1.54, 1.807) is 0 Å². The molecular formula is C11H21NO3. The van der Waals surface area contributed by atoms with E-state index in [0.29, 0.717) is 19.1 Å². The Bertz CT molecular complexity index is 186. The van der Waals surface area contributed by atoms with Gasteiger partial charge >= 0.3 is 5.97 Å². The number of rotatable bonds is 5. The fourth-order valence-corrected chi connectivity index (χ4v) is 1.66.